The molecule has 1 aliphatic heterocycles. The number of aromatic nitrogens is 1. The van der Waals surface area contributed by atoms with Gasteiger partial charge in [-0.15, -0.1) is 0 Å². The van der Waals surface area contributed by atoms with E-state index in [9.17, 15) is 4.79 Å². The van der Waals surface area contributed by atoms with Gasteiger partial charge in [0, 0.05) is 31.9 Å². The Kier molecular flexibility index (Phi) is 3.41. The van der Waals surface area contributed by atoms with Crippen LogP contribution in [0.1, 0.15) is 16.1 Å². The van der Waals surface area contributed by atoms with Crippen LogP contribution >= 0.6 is 0 Å². The van der Waals surface area contributed by atoms with Crippen molar-refractivity contribution in [3.05, 3.63) is 47.9 Å². The van der Waals surface area contributed by atoms with Crippen molar-refractivity contribution in [2.24, 2.45) is 0 Å². The summed E-state index contributed by atoms with van der Waals surface area (Å²) < 4.78 is 4.84. The third-order valence-corrected chi connectivity index (χ3v) is 3.67. The molecule has 0 bridgehead atoms. The summed E-state index contributed by atoms with van der Waals surface area (Å²) in [5.74, 6) is 0.0106. The largest absolute Gasteiger partial charge is 0.368 e. The third-order valence-electron chi connectivity index (χ3n) is 3.67. The highest BCUT2D eigenvalue weighted by Gasteiger charge is 2.24. The summed E-state index contributed by atoms with van der Waals surface area (Å²) in [4.78, 5) is 16.5. The van der Waals surface area contributed by atoms with E-state index in [-0.39, 0.29) is 5.91 Å². The molecule has 0 unspecified atom stereocenters. The van der Waals surface area contributed by atoms with Crippen LogP contribution < -0.4 is 4.90 Å². The van der Waals surface area contributed by atoms with Crippen molar-refractivity contribution in [3.63, 3.8) is 0 Å². The summed E-state index contributed by atoms with van der Waals surface area (Å²) in [5, 5.41) is 3.76. The fraction of sp³-hybridized carbons (Fsp3) is 0.333. The van der Waals surface area contributed by atoms with Crippen LogP contribution in [0.4, 0.5) is 5.69 Å². The monoisotopic (exact) mass is 271 g/mol. The minimum absolute atomic E-state index is 0.0106. The lowest BCUT2D eigenvalue weighted by Gasteiger charge is -2.36. The lowest BCUT2D eigenvalue weighted by molar-refractivity contribution is 0.0745. The van der Waals surface area contributed by atoms with Crippen molar-refractivity contribution in [2.45, 2.75) is 6.92 Å². The normalized spacial score (nSPS) is 15.4. The molecule has 1 aliphatic rings. The van der Waals surface area contributed by atoms with Crippen LogP contribution in [-0.4, -0.2) is 42.1 Å². The second kappa shape index (κ2) is 5.36. The van der Waals surface area contributed by atoms with Crippen LogP contribution in [0, 0.1) is 6.92 Å². The standard InChI is InChI=1S/C15H17N3O2/c1-12-14(11-20-16-12)15(19)18-9-7-17(8-10-18)13-5-3-2-4-6-13/h2-6,11H,7-10H2,1H3. The molecule has 0 atom stereocenters. The highest BCUT2D eigenvalue weighted by molar-refractivity contribution is 5.95. The Hall–Kier alpha value is -2.30. The van der Waals surface area contributed by atoms with Crippen molar-refractivity contribution < 1.29 is 9.32 Å². The molecule has 2 heterocycles. The number of carbonyl (C=O) groups is 1. The van der Waals surface area contributed by atoms with Gasteiger partial charge in [-0.25, -0.2) is 0 Å². The average Bonchev–Trinajstić information content (AvgIpc) is 2.94. The first-order chi connectivity index (χ1) is 9.75. The van der Waals surface area contributed by atoms with Gasteiger partial charge in [0.1, 0.15) is 11.8 Å². The van der Waals surface area contributed by atoms with Crippen molar-refractivity contribution in [1.29, 1.82) is 0 Å². The summed E-state index contributed by atoms with van der Waals surface area (Å²) in [6, 6.07) is 10.3. The van der Waals surface area contributed by atoms with Crippen LogP contribution in [0.2, 0.25) is 0 Å². The smallest absolute Gasteiger partial charge is 0.259 e. The topological polar surface area (TPSA) is 49.6 Å². The number of rotatable bonds is 2. The Morgan fingerprint density at radius 3 is 2.45 bits per heavy atom. The Balaban J connectivity index is 1.64. The maximum Gasteiger partial charge on any atom is 0.259 e. The molecule has 1 amide bonds. The molecule has 0 aliphatic carbocycles. The van der Waals surface area contributed by atoms with Gasteiger partial charge in [-0.1, -0.05) is 23.4 Å². The summed E-state index contributed by atoms with van der Waals surface area (Å²) in [7, 11) is 0. The highest BCUT2D eigenvalue weighted by Crippen LogP contribution is 2.17. The first-order valence-electron chi connectivity index (χ1n) is 6.76. The summed E-state index contributed by atoms with van der Waals surface area (Å²) >= 11 is 0. The number of hydrogen-bond donors (Lipinski definition) is 0. The predicted molar refractivity (Wildman–Crippen MR) is 75.8 cm³/mol. The van der Waals surface area contributed by atoms with Gasteiger partial charge in [0.05, 0.1) is 5.69 Å². The van der Waals surface area contributed by atoms with Gasteiger partial charge >= 0.3 is 0 Å². The Bertz CT molecular complexity index is 586. The predicted octanol–water partition coefficient (Wildman–Crippen LogP) is 1.95. The molecule has 1 aromatic heterocycles. The third kappa shape index (κ3) is 2.39. The van der Waals surface area contributed by atoms with Crippen molar-refractivity contribution >= 4 is 11.6 Å². The van der Waals surface area contributed by atoms with Gasteiger partial charge in [-0.2, -0.15) is 0 Å². The molecule has 3 rings (SSSR count). The van der Waals surface area contributed by atoms with Crippen LogP contribution in [-0.2, 0) is 0 Å². The Labute approximate surface area is 117 Å². The molecule has 2 aromatic rings. The molecule has 0 radical (unpaired) electrons. The molecular weight excluding hydrogens is 254 g/mol. The van der Waals surface area contributed by atoms with Gasteiger partial charge in [0.2, 0.25) is 0 Å². The number of piperazine rings is 1. The number of aryl methyl sites for hydroxylation is 1. The van der Waals surface area contributed by atoms with E-state index in [2.05, 4.69) is 22.2 Å². The maximum atomic E-state index is 12.3. The molecule has 104 valence electrons. The number of benzene rings is 1. The second-order valence-corrected chi connectivity index (χ2v) is 4.93. The minimum atomic E-state index is 0.0106. The first-order valence-corrected chi connectivity index (χ1v) is 6.76. The van der Waals surface area contributed by atoms with E-state index in [4.69, 9.17) is 4.52 Å². The van der Waals surface area contributed by atoms with Gasteiger partial charge in [-0.3, -0.25) is 4.79 Å². The van der Waals surface area contributed by atoms with Crippen LogP contribution in [0.15, 0.2) is 41.1 Å². The molecule has 0 saturated carbocycles. The Morgan fingerprint density at radius 1 is 1.15 bits per heavy atom. The molecule has 20 heavy (non-hydrogen) atoms. The molecule has 5 nitrogen and oxygen atoms in total. The lowest BCUT2D eigenvalue weighted by atomic mass is 10.2. The second-order valence-electron chi connectivity index (χ2n) is 4.93. The zero-order valence-electron chi connectivity index (χ0n) is 11.5. The Morgan fingerprint density at radius 2 is 1.85 bits per heavy atom. The number of hydrogen-bond acceptors (Lipinski definition) is 4. The van der Waals surface area contributed by atoms with Crippen molar-refractivity contribution in [1.82, 2.24) is 10.1 Å². The molecule has 0 spiro atoms. The number of amides is 1. The van der Waals surface area contributed by atoms with E-state index < -0.39 is 0 Å². The van der Waals surface area contributed by atoms with E-state index in [0.29, 0.717) is 11.3 Å². The molecule has 5 heteroatoms. The zero-order chi connectivity index (χ0) is 13.9. The van der Waals surface area contributed by atoms with Gasteiger partial charge < -0.3 is 14.3 Å². The number of nitrogens with zero attached hydrogens (tertiary/aromatic N) is 3. The van der Waals surface area contributed by atoms with Gasteiger partial charge in [-0.05, 0) is 19.1 Å². The van der Waals surface area contributed by atoms with Gasteiger partial charge in [0.25, 0.3) is 5.91 Å². The van der Waals surface area contributed by atoms with Crippen molar-refractivity contribution in [3.8, 4) is 0 Å². The number of para-hydroxylation sites is 1. The van der Waals surface area contributed by atoms with E-state index in [1.54, 1.807) is 6.92 Å². The number of anilines is 1. The van der Waals surface area contributed by atoms with Crippen LogP contribution in [0.5, 0.6) is 0 Å². The fourth-order valence-corrected chi connectivity index (χ4v) is 2.47. The van der Waals surface area contributed by atoms with Crippen molar-refractivity contribution in [2.75, 3.05) is 31.1 Å². The molecule has 0 N–H and O–H groups in total. The summed E-state index contributed by atoms with van der Waals surface area (Å²) in [5.41, 5.74) is 2.43. The highest BCUT2D eigenvalue weighted by atomic mass is 16.5. The lowest BCUT2D eigenvalue weighted by Crippen LogP contribution is -2.48. The van der Waals surface area contributed by atoms with E-state index >= 15 is 0 Å². The SMILES string of the molecule is Cc1nocc1C(=O)N1CCN(c2ccccc2)CC1. The first kappa shape index (κ1) is 12.7. The quantitative estimate of drug-likeness (QED) is 0.837. The van der Waals surface area contributed by atoms with E-state index in [1.165, 1.54) is 12.0 Å². The summed E-state index contributed by atoms with van der Waals surface area (Å²) in [6.45, 7) is 4.92. The van der Waals surface area contributed by atoms with Crippen LogP contribution in [0.3, 0.4) is 0 Å². The average molecular weight is 271 g/mol. The molecule has 1 fully saturated rings. The zero-order valence-corrected chi connectivity index (χ0v) is 11.5. The van der Waals surface area contributed by atoms with Gasteiger partial charge in [0.15, 0.2) is 0 Å². The summed E-state index contributed by atoms with van der Waals surface area (Å²) in [6.07, 6.45) is 1.43. The fourth-order valence-electron chi connectivity index (χ4n) is 2.47. The molecule has 1 aromatic carbocycles. The minimum Gasteiger partial charge on any atom is -0.368 e. The molecule has 1 saturated heterocycles. The maximum absolute atomic E-state index is 12.3. The van der Waals surface area contributed by atoms with E-state index in [1.807, 2.05) is 23.1 Å². The van der Waals surface area contributed by atoms with E-state index in [0.717, 1.165) is 26.2 Å². The number of carbonyl (C=O) groups excluding carboxylic acids is 1. The molecular formula is C15H17N3O2. The van der Waals surface area contributed by atoms with Crippen LogP contribution in [0.25, 0.3) is 0 Å².